The Hall–Kier alpha value is 0.0600. The molecular weight excluding hydrogens is 399 g/mol. The third-order valence-corrected chi connectivity index (χ3v) is 5.79. The highest BCUT2D eigenvalue weighted by atomic mass is 127. The minimum atomic E-state index is 0.000376. The van der Waals surface area contributed by atoms with Crippen molar-refractivity contribution >= 4 is 34.2 Å². The Morgan fingerprint density at radius 1 is 1.24 bits per heavy atom. The van der Waals surface area contributed by atoms with Crippen LogP contribution in [0.15, 0.2) is 0 Å². The zero-order valence-electron chi connectivity index (χ0n) is 12.9. The van der Waals surface area contributed by atoms with E-state index in [1.807, 2.05) is 6.92 Å². The zero-order chi connectivity index (χ0) is 15.2. The summed E-state index contributed by atoms with van der Waals surface area (Å²) < 4.78 is 6.99. The second-order valence-electron chi connectivity index (χ2n) is 5.66. The molecule has 1 fully saturated rings. The van der Waals surface area contributed by atoms with Gasteiger partial charge in [0.05, 0.1) is 9.26 Å². The van der Waals surface area contributed by atoms with Gasteiger partial charge in [0, 0.05) is 6.61 Å². The molecule has 0 amide bonds. The molecule has 0 bridgehead atoms. The topological polar surface area (TPSA) is 35.0 Å². The standard InChI is InChI=1S/C16H24ClIN2O/c1-3-8-12-13(18)15(17)20-16(19-12)14(21-4-2)11-9-6-5-7-10-11/h11,14H,3-10H2,1-2H3. The summed E-state index contributed by atoms with van der Waals surface area (Å²) in [4.78, 5) is 9.32. The van der Waals surface area contributed by atoms with Crippen molar-refractivity contribution in [1.82, 2.24) is 9.97 Å². The van der Waals surface area contributed by atoms with Crippen LogP contribution in [-0.4, -0.2) is 16.6 Å². The molecule has 2 rings (SSSR count). The van der Waals surface area contributed by atoms with Gasteiger partial charge in [0.1, 0.15) is 11.3 Å². The second-order valence-corrected chi connectivity index (χ2v) is 7.09. The quantitative estimate of drug-likeness (QED) is 0.458. The number of aryl methyl sites for hydroxylation is 1. The summed E-state index contributed by atoms with van der Waals surface area (Å²) in [5, 5.41) is 0.574. The molecule has 21 heavy (non-hydrogen) atoms. The van der Waals surface area contributed by atoms with Crippen molar-refractivity contribution in [3.05, 3.63) is 20.2 Å². The molecule has 118 valence electrons. The molecule has 5 heteroatoms. The van der Waals surface area contributed by atoms with Crippen LogP contribution in [0.3, 0.4) is 0 Å². The minimum Gasteiger partial charge on any atom is -0.370 e. The van der Waals surface area contributed by atoms with E-state index >= 15 is 0 Å². The van der Waals surface area contributed by atoms with E-state index < -0.39 is 0 Å². The van der Waals surface area contributed by atoms with Crippen molar-refractivity contribution in [3.63, 3.8) is 0 Å². The predicted octanol–water partition coefficient (Wildman–Crippen LogP) is 5.35. The summed E-state index contributed by atoms with van der Waals surface area (Å²) in [6.45, 7) is 4.89. The van der Waals surface area contributed by atoms with Gasteiger partial charge in [0.15, 0.2) is 5.82 Å². The summed E-state index contributed by atoms with van der Waals surface area (Å²) in [6.07, 6.45) is 8.33. The summed E-state index contributed by atoms with van der Waals surface area (Å²) >= 11 is 8.57. The number of ether oxygens (including phenoxy) is 1. The van der Waals surface area contributed by atoms with Crippen LogP contribution in [0.25, 0.3) is 0 Å². The highest BCUT2D eigenvalue weighted by Gasteiger charge is 2.29. The van der Waals surface area contributed by atoms with Crippen LogP contribution < -0.4 is 0 Å². The first-order valence-corrected chi connectivity index (χ1v) is 9.46. The van der Waals surface area contributed by atoms with Gasteiger partial charge in [-0.15, -0.1) is 0 Å². The van der Waals surface area contributed by atoms with Crippen LogP contribution in [0.5, 0.6) is 0 Å². The Labute approximate surface area is 146 Å². The van der Waals surface area contributed by atoms with E-state index in [2.05, 4.69) is 34.5 Å². The third kappa shape index (κ3) is 4.52. The molecule has 0 N–H and O–H groups in total. The van der Waals surface area contributed by atoms with E-state index in [4.69, 9.17) is 21.3 Å². The smallest absolute Gasteiger partial charge is 0.159 e. The SMILES string of the molecule is CCCc1nc(C(OCC)C2CCCCC2)nc(Cl)c1I. The molecule has 1 unspecified atom stereocenters. The number of hydrogen-bond donors (Lipinski definition) is 0. The first kappa shape index (κ1) is 17.4. The van der Waals surface area contributed by atoms with Crippen molar-refractivity contribution in [2.24, 2.45) is 5.92 Å². The maximum atomic E-state index is 6.32. The average molecular weight is 423 g/mol. The van der Waals surface area contributed by atoms with E-state index in [0.717, 1.165) is 27.9 Å². The number of aromatic nitrogens is 2. The van der Waals surface area contributed by atoms with E-state index in [9.17, 15) is 0 Å². The lowest BCUT2D eigenvalue weighted by molar-refractivity contribution is -0.000347. The molecule has 1 aliphatic rings. The Morgan fingerprint density at radius 3 is 2.57 bits per heavy atom. The average Bonchev–Trinajstić information content (AvgIpc) is 2.50. The largest absolute Gasteiger partial charge is 0.370 e. The van der Waals surface area contributed by atoms with Crippen LogP contribution in [-0.2, 0) is 11.2 Å². The Morgan fingerprint density at radius 2 is 1.95 bits per heavy atom. The molecule has 0 saturated heterocycles. The van der Waals surface area contributed by atoms with Crippen LogP contribution in [0.4, 0.5) is 0 Å². The lowest BCUT2D eigenvalue weighted by Crippen LogP contribution is -2.22. The lowest BCUT2D eigenvalue weighted by atomic mass is 9.85. The van der Waals surface area contributed by atoms with Gasteiger partial charge in [-0.1, -0.05) is 44.2 Å². The van der Waals surface area contributed by atoms with Crippen LogP contribution in [0, 0.1) is 9.49 Å². The van der Waals surface area contributed by atoms with E-state index in [0.29, 0.717) is 17.7 Å². The van der Waals surface area contributed by atoms with Crippen LogP contribution in [0.2, 0.25) is 5.15 Å². The molecule has 1 saturated carbocycles. The zero-order valence-corrected chi connectivity index (χ0v) is 15.8. The first-order chi connectivity index (χ1) is 10.2. The number of rotatable bonds is 6. The first-order valence-electron chi connectivity index (χ1n) is 8.00. The van der Waals surface area contributed by atoms with Crippen molar-refractivity contribution in [2.45, 2.75) is 64.9 Å². The minimum absolute atomic E-state index is 0.000376. The van der Waals surface area contributed by atoms with Crippen LogP contribution in [0.1, 0.15) is 70.0 Å². The van der Waals surface area contributed by atoms with E-state index in [1.54, 1.807) is 0 Å². The molecule has 0 spiro atoms. The molecule has 1 aromatic heterocycles. The fraction of sp³-hybridized carbons (Fsp3) is 0.750. The summed E-state index contributed by atoms with van der Waals surface area (Å²) in [6, 6.07) is 0. The fourth-order valence-corrected chi connectivity index (χ4v) is 3.76. The predicted molar refractivity (Wildman–Crippen MR) is 94.7 cm³/mol. The lowest BCUT2D eigenvalue weighted by Gasteiger charge is -2.29. The molecule has 0 aromatic carbocycles. The maximum absolute atomic E-state index is 6.32. The molecule has 1 aromatic rings. The van der Waals surface area contributed by atoms with Gasteiger partial charge < -0.3 is 4.74 Å². The molecule has 0 aliphatic heterocycles. The van der Waals surface area contributed by atoms with Gasteiger partial charge in [-0.25, -0.2) is 9.97 Å². The molecule has 1 aliphatic carbocycles. The number of halogens is 2. The Kier molecular flexibility index (Phi) is 7.16. The van der Waals surface area contributed by atoms with Crippen molar-refractivity contribution < 1.29 is 4.74 Å². The molecule has 0 radical (unpaired) electrons. The van der Waals surface area contributed by atoms with Gasteiger partial charge in [-0.05, 0) is 54.7 Å². The van der Waals surface area contributed by atoms with Gasteiger partial charge in [-0.3, -0.25) is 0 Å². The fourth-order valence-electron chi connectivity index (χ4n) is 3.05. The third-order valence-electron chi connectivity index (χ3n) is 4.06. The van der Waals surface area contributed by atoms with Gasteiger partial charge in [0.25, 0.3) is 0 Å². The van der Waals surface area contributed by atoms with Crippen molar-refractivity contribution in [2.75, 3.05) is 6.61 Å². The summed E-state index contributed by atoms with van der Waals surface area (Å²) in [5.41, 5.74) is 1.06. The highest BCUT2D eigenvalue weighted by Crippen LogP contribution is 2.36. The van der Waals surface area contributed by atoms with Gasteiger partial charge >= 0.3 is 0 Å². The number of nitrogens with zero attached hydrogens (tertiary/aromatic N) is 2. The van der Waals surface area contributed by atoms with Crippen molar-refractivity contribution in [3.8, 4) is 0 Å². The monoisotopic (exact) mass is 422 g/mol. The van der Waals surface area contributed by atoms with Crippen molar-refractivity contribution in [1.29, 1.82) is 0 Å². The second kappa shape index (κ2) is 8.63. The summed E-state index contributed by atoms with van der Waals surface area (Å²) in [5.74, 6) is 1.32. The Balaban J connectivity index is 2.30. The molecule has 3 nitrogen and oxygen atoms in total. The maximum Gasteiger partial charge on any atom is 0.159 e. The molecule has 1 atom stereocenters. The molecule has 1 heterocycles. The molecular formula is C16H24ClIN2O. The number of hydrogen-bond acceptors (Lipinski definition) is 3. The van der Waals surface area contributed by atoms with Gasteiger partial charge in [0.2, 0.25) is 0 Å². The Bertz CT molecular complexity index is 464. The highest BCUT2D eigenvalue weighted by molar-refractivity contribution is 14.1. The van der Waals surface area contributed by atoms with Crippen LogP contribution >= 0.6 is 34.2 Å². The van der Waals surface area contributed by atoms with Gasteiger partial charge in [-0.2, -0.15) is 0 Å². The van der Waals surface area contributed by atoms with E-state index in [-0.39, 0.29) is 6.10 Å². The van der Waals surface area contributed by atoms with E-state index in [1.165, 1.54) is 32.1 Å². The normalized spacial score (nSPS) is 17.9. The summed E-state index contributed by atoms with van der Waals surface area (Å²) in [7, 11) is 0.